The zero-order valence-electron chi connectivity index (χ0n) is 19.2. The van der Waals surface area contributed by atoms with Gasteiger partial charge in [-0.25, -0.2) is 4.98 Å². The molecule has 3 N–H and O–H groups in total. The van der Waals surface area contributed by atoms with Gasteiger partial charge in [-0.15, -0.1) is 5.10 Å². The Kier molecular flexibility index (Phi) is 6.50. The summed E-state index contributed by atoms with van der Waals surface area (Å²) in [4.78, 5) is 35.5. The first kappa shape index (κ1) is 23.4. The van der Waals surface area contributed by atoms with Crippen molar-refractivity contribution in [3.8, 4) is 5.88 Å². The molecular weight excluding hydrogens is 470 g/mol. The van der Waals surface area contributed by atoms with Gasteiger partial charge in [-0.1, -0.05) is 11.8 Å². The maximum absolute atomic E-state index is 13.0. The largest absolute Gasteiger partial charge is 0.481 e. The first-order valence-electron chi connectivity index (χ1n) is 11.3. The second-order valence-corrected chi connectivity index (χ2v) is 9.51. The van der Waals surface area contributed by atoms with Crippen LogP contribution < -0.4 is 15.4 Å². The van der Waals surface area contributed by atoms with Gasteiger partial charge in [0.25, 0.3) is 5.91 Å². The Morgan fingerprint density at radius 3 is 2.91 bits per heavy atom. The molecule has 0 saturated carbocycles. The van der Waals surface area contributed by atoms with E-state index in [2.05, 4.69) is 35.7 Å². The van der Waals surface area contributed by atoms with Crippen LogP contribution in [-0.4, -0.2) is 80.1 Å². The van der Waals surface area contributed by atoms with Crippen molar-refractivity contribution in [2.45, 2.75) is 29.9 Å². The third-order valence-electron chi connectivity index (χ3n) is 6.23. The van der Waals surface area contributed by atoms with Crippen LogP contribution in [0.25, 0.3) is 11.0 Å². The number of nitrogens with one attached hydrogen (secondary N) is 2. The highest BCUT2D eigenvalue weighted by Crippen LogP contribution is 2.30. The number of carbonyl (C=O) groups excluding carboxylic acids is 2. The molecular formula is C23H25N7O4S. The maximum Gasteiger partial charge on any atom is 0.256 e. The van der Waals surface area contributed by atoms with E-state index in [-0.39, 0.29) is 5.91 Å². The van der Waals surface area contributed by atoms with Gasteiger partial charge in [-0.2, -0.15) is 5.10 Å². The minimum Gasteiger partial charge on any atom is -0.481 e. The zero-order valence-corrected chi connectivity index (χ0v) is 20.0. The molecule has 3 aromatic heterocycles. The van der Waals surface area contributed by atoms with Crippen LogP contribution in [0.1, 0.15) is 18.5 Å². The predicted molar refractivity (Wildman–Crippen MR) is 130 cm³/mol. The summed E-state index contributed by atoms with van der Waals surface area (Å²) in [5, 5.41) is 25.9. The van der Waals surface area contributed by atoms with Crippen molar-refractivity contribution < 1.29 is 19.4 Å². The summed E-state index contributed by atoms with van der Waals surface area (Å²) >= 11 is 1.38. The van der Waals surface area contributed by atoms with Crippen molar-refractivity contribution in [1.29, 1.82) is 0 Å². The van der Waals surface area contributed by atoms with Crippen LogP contribution >= 0.6 is 11.8 Å². The highest BCUT2D eigenvalue weighted by molar-refractivity contribution is 8.00. The summed E-state index contributed by atoms with van der Waals surface area (Å²) in [6.45, 7) is 1.85. The van der Waals surface area contributed by atoms with Crippen LogP contribution in [0.4, 0.5) is 11.4 Å². The number of anilines is 2. The lowest BCUT2D eigenvalue weighted by molar-refractivity contribution is -0.138. The normalized spacial score (nSPS) is 17.5. The van der Waals surface area contributed by atoms with Crippen molar-refractivity contribution in [2.75, 3.05) is 43.1 Å². The number of thioether (sulfide) groups is 1. The van der Waals surface area contributed by atoms with Gasteiger partial charge in [0.05, 0.1) is 35.4 Å². The molecule has 35 heavy (non-hydrogen) atoms. The number of carbonyl (C=O) groups is 2. The molecule has 11 nitrogen and oxygen atoms in total. The molecule has 0 aromatic carbocycles. The maximum atomic E-state index is 13.0. The lowest BCUT2D eigenvalue weighted by Crippen LogP contribution is -2.52. The van der Waals surface area contributed by atoms with Gasteiger partial charge in [0.2, 0.25) is 11.8 Å². The number of hydrogen-bond donors (Lipinski definition) is 3. The molecule has 1 fully saturated rings. The Labute approximate surface area is 205 Å². The number of rotatable bonds is 6. The number of hydrogen-bond acceptors (Lipinski definition) is 10. The van der Waals surface area contributed by atoms with Gasteiger partial charge in [0.15, 0.2) is 0 Å². The molecule has 2 amide bonds. The van der Waals surface area contributed by atoms with Crippen LogP contribution in [0.15, 0.2) is 35.5 Å². The Balaban J connectivity index is 1.18. The number of amides is 2. The average Bonchev–Trinajstić information content (AvgIpc) is 2.88. The van der Waals surface area contributed by atoms with Gasteiger partial charge in [0.1, 0.15) is 16.1 Å². The number of piperidine rings is 1. The fourth-order valence-corrected chi connectivity index (χ4v) is 4.87. The molecule has 1 saturated heterocycles. The van der Waals surface area contributed by atoms with E-state index >= 15 is 0 Å². The molecule has 5 rings (SSSR count). The molecule has 2 aliphatic heterocycles. The first-order valence-corrected chi connectivity index (χ1v) is 12.3. The molecule has 182 valence electrons. The molecule has 5 heterocycles. The number of likely N-dealkylation sites (tertiary alicyclic amines) is 1. The van der Waals surface area contributed by atoms with E-state index in [4.69, 9.17) is 4.74 Å². The van der Waals surface area contributed by atoms with Gasteiger partial charge in [-0.3, -0.25) is 14.6 Å². The number of aliphatic hydroxyl groups is 1. The Morgan fingerprint density at radius 1 is 1.29 bits per heavy atom. The summed E-state index contributed by atoms with van der Waals surface area (Å²) < 4.78 is 5.18. The SMILES string of the molecule is COc1ccc2nccc(NC(=O)C3(O)CCN(CCc4cc5c(nn4)SCC(=O)N5)CC3)c2n1. The van der Waals surface area contributed by atoms with Gasteiger partial charge in [0, 0.05) is 38.3 Å². The summed E-state index contributed by atoms with van der Waals surface area (Å²) in [5.74, 6) is 0.276. The van der Waals surface area contributed by atoms with Gasteiger partial charge in [-0.05, 0) is 31.0 Å². The average molecular weight is 496 g/mol. The first-order chi connectivity index (χ1) is 16.9. The Morgan fingerprint density at radius 2 is 2.11 bits per heavy atom. The van der Waals surface area contributed by atoms with E-state index in [1.54, 1.807) is 24.4 Å². The Bertz CT molecular complexity index is 1280. The van der Waals surface area contributed by atoms with E-state index in [1.807, 2.05) is 6.07 Å². The second kappa shape index (κ2) is 9.72. The fourth-order valence-electron chi connectivity index (χ4n) is 4.17. The topological polar surface area (TPSA) is 142 Å². The highest BCUT2D eigenvalue weighted by atomic mass is 32.2. The van der Waals surface area contributed by atoms with E-state index in [1.165, 1.54) is 18.9 Å². The van der Waals surface area contributed by atoms with Crippen LogP contribution in [0.5, 0.6) is 5.88 Å². The van der Waals surface area contributed by atoms with E-state index in [9.17, 15) is 14.7 Å². The summed E-state index contributed by atoms with van der Waals surface area (Å²) in [6, 6.07) is 6.99. The van der Waals surface area contributed by atoms with Gasteiger partial charge >= 0.3 is 0 Å². The number of aromatic nitrogens is 4. The molecule has 0 unspecified atom stereocenters. The van der Waals surface area contributed by atoms with Crippen LogP contribution in [0, 0.1) is 0 Å². The van der Waals surface area contributed by atoms with Crippen molar-refractivity contribution in [3.63, 3.8) is 0 Å². The number of methoxy groups -OCH3 is 1. The summed E-state index contributed by atoms with van der Waals surface area (Å²) in [6.07, 6.45) is 2.86. The minimum atomic E-state index is -1.47. The molecule has 0 bridgehead atoms. The molecule has 12 heteroatoms. The monoisotopic (exact) mass is 495 g/mol. The molecule has 2 aliphatic rings. The van der Waals surface area contributed by atoms with E-state index in [0.717, 1.165) is 10.7 Å². The molecule has 3 aromatic rings. The summed E-state index contributed by atoms with van der Waals surface area (Å²) in [5.41, 5.74) is 1.62. The fraction of sp³-hybridized carbons (Fsp3) is 0.391. The molecule has 0 radical (unpaired) electrons. The van der Waals surface area contributed by atoms with Crippen LogP contribution in [0.2, 0.25) is 0 Å². The van der Waals surface area contributed by atoms with Crippen LogP contribution in [-0.2, 0) is 16.0 Å². The van der Waals surface area contributed by atoms with Gasteiger partial charge < -0.3 is 25.4 Å². The number of nitrogens with zero attached hydrogens (tertiary/aromatic N) is 5. The summed E-state index contributed by atoms with van der Waals surface area (Å²) in [7, 11) is 1.52. The van der Waals surface area contributed by atoms with Crippen LogP contribution in [0.3, 0.4) is 0 Å². The Hall–Kier alpha value is -3.35. The zero-order chi connectivity index (χ0) is 24.4. The highest BCUT2D eigenvalue weighted by Gasteiger charge is 2.39. The number of pyridine rings is 2. The lowest BCUT2D eigenvalue weighted by Gasteiger charge is -2.37. The number of ether oxygens (including phenoxy) is 1. The van der Waals surface area contributed by atoms with Crippen molar-refractivity contribution >= 4 is 46.0 Å². The minimum absolute atomic E-state index is 0.0373. The second-order valence-electron chi connectivity index (χ2n) is 8.55. The predicted octanol–water partition coefficient (Wildman–Crippen LogP) is 1.48. The third kappa shape index (κ3) is 5.04. The molecule has 0 aliphatic carbocycles. The molecule has 0 spiro atoms. The van der Waals surface area contributed by atoms with Crippen molar-refractivity contribution in [2.24, 2.45) is 0 Å². The molecule has 0 atom stereocenters. The quantitative estimate of drug-likeness (QED) is 0.460. The van der Waals surface area contributed by atoms with E-state index in [0.29, 0.717) is 72.9 Å². The lowest BCUT2D eigenvalue weighted by atomic mass is 9.90. The smallest absolute Gasteiger partial charge is 0.256 e. The standard InChI is InChI=1S/C23H25N7O4S/c1-34-19-3-2-15-20(27-19)16(4-8-24-15)26-22(32)23(33)6-10-30(11-7-23)9-5-14-12-17-21(29-28-14)35-13-18(31)25-17/h2-4,8,12,33H,5-7,9-11,13H2,1H3,(H,25,31)(H,24,26,32). The number of fused-ring (bicyclic) bond motifs is 2. The van der Waals surface area contributed by atoms with E-state index < -0.39 is 11.5 Å². The van der Waals surface area contributed by atoms with Crippen molar-refractivity contribution in [1.82, 2.24) is 25.1 Å². The van der Waals surface area contributed by atoms with Crippen molar-refractivity contribution in [3.05, 3.63) is 36.2 Å². The third-order valence-corrected chi connectivity index (χ3v) is 7.21.